The van der Waals surface area contributed by atoms with Crippen molar-refractivity contribution in [1.29, 1.82) is 0 Å². The van der Waals surface area contributed by atoms with Crippen molar-refractivity contribution in [2.75, 3.05) is 13.2 Å². The summed E-state index contributed by atoms with van der Waals surface area (Å²) >= 11 is 0. The Morgan fingerprint density at radius 3 is 0.943 bits per heavy atom. The van der Waals surface area contributed by atoms with Gasteiger partial charge in [-0.25, -0.2) is 0 Å². The Hall–Kier alpha value is -4.71. The van der Waals surface area contributed by atoms with Gasteiger partial charge in [0, 0.05) is 19.3 Å². The van der Waals surface area contributed by atoms with Gasteiger partial charge in [0.1, 0.15) is 13.2 Å². The fraction of sp³-hybridized carbons (Fsp3) is 0.578. The molecule has 0 fully saturated rings. The van der Waals surface area contributed by atoms with E-state index in [0.717, 1.165) is 148 Å². The minimum atomic E-state index is -0.819. The second kappa shape index (κ2) is 56.9. The average Bonchev–Trinajstić information content (AvgIpc) is 3.36. The number of ether oxygens (including phenoxy) is 3. The highest BCUT2D eigenvalue weighted by molar-refractivity contribution is 5.71. The van der Waals surface area contributed by atoms with E-state index in [1.54, 1.807) is 0 Å². The molecule has 0 saturated heterocycles. The lowest BCUT2D eigenvalue weighted by molar-refractivity contribution is -0.167. The van der Waals surface area contributed by atoms with Gasteiger partial charge >= 0.3 is 17.9 Å². The van der Waals surface area contributed by atoms with E-state index in [1.165, 1.54) is 25.7 Å². The maximum atomic E-state index is 12.8. The molecule has 0 N–H and O–H groups in total. The highest BCUT2D eigenvalue weighted by Gasteiger charge is 2.19. The molecule has 0 aliphatic carbocycles. The molecule has 1 unspecified atom stereocenters. The van der Waals surface area contributed by atoms with E-state index in [1.807, 2.05) is 0 Å². The first-order valence-electron chi connectivity index (χ1n) is 27.8. The normalized spacial score (nSPS) is 13.2. The molecule has 0 heterocycles. The summed E-state index contributed by atoms with van der Waals surface area (Å²) in [6.45, 7) is 6.26. The van der Waals surface area contributed by atoms with Gasteiger partial charge in [0.2, 0.25) is 0 Å². The van der Waals surface area contributed by atoms with Gasteiger partial charge in [-0.2, -0.15) is 0 Å². The molecule has 6 nitrogen and oxygen atoms in total. The zero-order valence-electron chi connectivity index (χ0n) is 44.7. The zero-order chi connectivity index (χ0) is 50.7. The van der Waals surface area contributed by atoms with Crippen molar-refractivity contribution < 1.29 is 28.6 Å². The van der Waals surface area contributed by atoms with Crippen molar-refractivity contribution in [2.45, 2.75) is 226 Å². The third kappa shape index (κ3) is 54.2. The molecule has 1 atom stereocenters. The minimum Gasteiger partial charge on any atom is -0.462 e. The van der Waals surface area contributed by atoms with Crippen molar-refractivity contribution in [2.24, 2.45) is 0 Å². The summed E-state index contributed by atoms with van der Waals surface area (Å²) in [5, 5.41) is 0. The summed E-state index contributed by atoms with van der Waals surface area (Å²) in [5.74, 6) is -1.01. The lowest BCUT2D eigenvalue weighted by atomic mass is 10.1. The van der Waals surface area contributed by atoms with Crippen molar-refractivity contribution >= 4 is 17.9 Å². The van der Waals surface area contributed by atoms with E-state index in [0.29, 0.717) is 19.3 Å². The predicted octanol–water partition coefficient (Wildman–Crippen LogP) is 18.8. The highest BCUT2D eigenvalue weighted by Crippen LogP contribution is 2.13. The summed E-state index contributed by atoms with van der Waals surface area (Å²) in [7, 11) is 0. The molecule has 0 aromatic carbocycles. The number of carbonyl (C=O) groups is 3. The summed E-state index contributed by atoms with van der Waals surface area (Å²) in [6.07, 6.45) is 81.3. The average molecular weight is 965 g/mol. The third-order valence-electron chi connectivity index (χ3n) is 11.0. The number of rotatable bonds is 48. The fourth-order valence-electron chi connectivity index (χ4n) is 6.95. The third-order valence-corrected chi connectivity index (χ3v) is 11.0. The molecule has 70 heavy (non-hydrogen) atoms. The smallest absolute Gasteiger partial charge is 0.306 e. The van der Waals surface area contributed by atoms with Crippen molar-refractivity contribution in [3.05, 3.63) is 146 Å². The molecule has 0 radical (unpaired) electrons. The first-order chi connectivity index (χ1) is 34.5. The van der Waals surface area contributed by atoms with Gasteiger partial charge in [0.05, 0.1) is 0 Å². The Bertz CT molecular complexity index is 1580. The van der Waals surface area contributed by atoms with Crippen molar-refractivity contribution in [3.63, 3.8) is 0 Å². The molecule has 6 heteroatoms. The van der Waals surface area contributed by atoms with Gasteiger partial charge in [0.15, 0.2) is 6.10 Å². The second-order valence-corrected chi connectivity index (χ2v) is 17.7. The van der Waals surface area contributed by atoms with Crippen molar-refractivity contribution in [1.82, 2.24) is 0 Å². The Morgan fingerprint density at radius 1 is 0.300 bits per heavy atom. The van der Waals surface area contributed by atoms with Crippen LogP contribution in [0.1, 0.15) is 220 Å². The van der Waals surface area contributed by atoms with Crippen LogP contribution in [0.5, 0.6) is 0 Å². The van der Waals surface area contributed by atoms with Gasteiger partial charge in [-0.15, -0.1) is 0 Å². The lowest BCUT2D eigenvalue weighted by Gasteiger charge is -2.18. The Morgan fingerprint density at radius 2 is 0.571 bits per heavy atom. The predicted molar refractivity (Wildman–Crippen MR) is 302 cm³/mol. The number of allylic oxidation sites excluding steroid dienone is 24. The molecule has 0 bridgehead atoms. The van der Waals surface area contributed by atoms with E-state index in [2.05, 4.69) is 167 Å². The SMILES string of the molecule is CC/C=C\C/C=C\C/C=C\C/C=C\C/C=C\C/C=C\C/C=C\CCCC(=O)OCC(COC(=O)CCCCCCC/C=C\CCC)OC(=O)CCCCCCCC/C=C\C/C=C\C/C=C\C/C=C\CC. The molecule has 0 rings (SSSR count). The maximum absolute atomic E-state index is 12.8. The Kier molecular flexibility index (Phi) is 53.0. The molecular formula is C64H100O6. The topological polar surface area (TPSA) is 78.9 Å². The van der Waals surface area contributed by atoms with Gasteiger partial charge in [-0.3, -0.25) is 14.4 Å². The van der Waals surface area contributed by atoms with Crippen LogP contribution in [0.2, 0.25) is 0 Å². The monoisotopic (exact) mass is 965 g/mol. The molecule has 0 aliphatic rings. The van der Waals surface area contributed by atoms with E-state index in [-0.39, 0.29) is 37.5 Å². The zero-order valence-corrected chi connectivity index (χ0v) is 44.7. The number of hydrogen-bond acceptors (Lipinski definition) is 6. The van der Waals surface area contributed by atoms with E-state index < -0.39 is 6.10 Å². The number of esters is 3. The van der Waals surface area contributed by atoms with Crippen LogP contribution in [0.15, 0.2) is 146 Å². The van der Waals surface area contributed by atoms with Gasteiger partial charge in [-0.05, 0) is 128 Å². The molecule has 0 saturated carbocycles. The first kappa shape index (κ1) is 65.3. The first-order valence-corrected chi connectivity index (χ1v) is 27.8. The van der Waals surface area contributed by atoms with Gasteiger partial charge in [0.25, 0.3) is 0 Å². The molecular weight excluding hydrogens is 865 g/mol. The summed E-state index contributed by atoms with van der Waals surface area (Å²) in [6, 6.07) is 0. The Labute approximate surface area is 429 Å². The summed E-state index contributed by atoms with van der Waals surface area (Å²) < 4.78 is 16.7. The van der Waals surface area contributed by atoms with Crippen LogP contribution in [0.3, 0.4) is 0 Å². The van der Waals surface area contributed by atoms with Gasteiger partial charge < -0.3 is 14.2 Å². The highest BCUT2D eigenvalue weighted by atomic mass is 16.6. The molecule has 0 aliphatic heterocycles. The maximum Gasteiger partial charge on any atom is 0.306 e. The second-order valence-electron chi connectivity index (χ2n) is 17.7. The minimum absolute atomic E-state index is 0.113. The summed E-state index contributed by atoms with van der Waals surface area (Å²) in [5.41, 5.74) is 0. The van der Waals surface area contributed by atoms with Crippen LogP contribution >= 0.6 is 0 Å². The van der Waals surface area contributed by atoms with Gasteiger partial charge in [-0.1, -0.05) is 218 Å². The quantitative estimate of drug-likeness (QED) is 0.0262. The van der Waals surface area contributed by atoms with E-state index in [9.17, 15) is 14.4 Å². The van der Waals surface area contributed by atoms with Crippen LogP contribution < -0.4 is 0 Å². The summed E-state index contributed by atoms with van der Waals surface area (Å²) in [4.78, 5) is 38.0. The standard InChI is InChI=1S/C64H100O6/c1-4-7-10-13-16-19-22-24-26-28-30-31-32-33-35-36-38-40-42-45-48-51-54-57-63(66)69-60-61(59-68-62(65)56-53-50-47-44-21-18-15-12-9-6-3)70-64(67)58-55-52-49-46-43-41-39-37-34-29-27-25-23-20-17-14-11-8-5-2/h7-8,10-12,15-17,19-20,24-27,30-31,33-35,37-38,40,45,48,61H,4-6,9,13-14,18,21-23,28-29,32,36,39,41-44,46-47,49-60H2,1-3H3/b10-7-,11-8-,15-12-,19-16-,20-17-,26-24-,27-25-,31-30-,35-33-,37-34-,40-38-,48-45-. The number of carbonyl (C=O) groups excluding carboxylic acids is 3. The molecule has 0 aromatic rings. The number of unbranched alkanes of at least 4 members (excludes halogenated alkanes) is 13. The van der Waals surface area contributed by atoms with Crippen molar-refractivity contribution in [3.8, 4) is 0 Å². The number of hydrogen-bond donors (Lipinski definition) is 0. The molecule has 392 valence electrons. The fourth-order valence-corrected chi connectivity index (χ4v) is 6.95. The largest absolute Gasteiger partial charge is 0.462 e. The van der Waals surface area contributed by atoms with Crippen LogP contribution in [0, 0.1) is 0 Å². The van der Waals surface area contributed by atoms with Crippen LogP contribution in [-0.4, -0.2) is 37.2 Å². The Balaban J connectivity index is 4.48. The van der Waals surface area contributed by atoms with Crippen LogP contribution in [0.4, 0.5) is 0 Å². The molecule has 0 amide bonds. The molecule has 0 aromatic heterocycles. The van der Waals surface area contributed by atoms with E-state index in [4.69, 9.17) is 14.2 Å². The van der Waals surface area contributed by atoms with Crippen LogP contribution in [-0.2, 0) is 28.6 Å². The van der Waals surface area contributed by atoms with E-state index >= 15 is 0 Å². The van der Waals surface area contributed by atoms with Crippen LogP contribution in [0.25, 0.3) is 0 Å². The molecule has 0 spiro atoms. The lowest BCUT2D eigenvalue weighted by Crippen LogP contribution is -2.30.